The number of aromatic nitrogens is 4. The summed E-state index contributed by atoms with van der Waals surface area (Å²) in [6, 6.07) is 8.78. The fourth-order valence-electron chi connectivity index (χ4n) is 3.86. The third-order valence-corrected chi connectivity index (χ3v) is 5.77. The van der Waals surface area contributed by atoms with Crippen molar-refractivity contribution in [2.75, 3.05) is 10.6 Å². The van der Waals surface area contributed by atoms with Gasteiger partial charge in [0, 0.05) is 28.8 Å². The first-order valence-electron chi connectivity index (χ1n) is 9.95. The largest absolute Gasteiger partial charge is 0.351 e. The molecule has 7 nitrogen and oxygen atoms in total. The summed E-state index contributed by atoms with van der Waals surface area (Å²) in [5.41, 5.74) is 8.70. The molecule has 0 radical (unpaired) electrons. The van der Waals surface area contributed by atoms with Crippen LogP contribution in [-0.4, -0.2) is 31.6 Å². The SMILES string of the molecule is N[C@H]1CC[C@H](n2c(Nc3cccc(Cl)c3)nc3cnc(NC4CC4)nc32)CC1. The molecule has 146 valence electrons. The number of hydrogen-bond donors (Lipinski definition) is 3. The van der Waals surface area contributed by atoms with Crippen LogP contribution >= 0.6 is 11.6 Å². The minimum Gasteiger partial charge on any atom is -0.351 e. The molecule has 28 heavy (non-hydrogen) atoms. The predicted molar refractivity (Wildman–Crippen MR) is 112 cm³/mol. The molecule has 2 heterocycles. The zero-order valence-corrected chi connectivity index (χ0v) is 16.4. The second-order valence-electron chi connectivity index (χ2n) is 7.83. The summed E-state index contributed by atoms with van der Waals surface area (Å²) >= 11 is 6.16. The highest BCUT2D eigenvalue weighted by Gasteiger charge is 2.27. The summed E-state index contributed by atoms with van der Waals surface area (Å²) in [6.07, 6.45) is 8.24. The van der Waals surface area contributed by atoms with Crippen molar-refractivity contribution in [1.29, 1.82) is 0 Å². The lowest BCUT2D eigenvalue weighted by molar-refractivity contribution is 0.330. The number of imidazole rings is 1. The first-order chi connectivity index (χ1) is 13.7. The zero-order chi connectivity index (χ0) is 19.1. The molecule has 0 saturated heterocycles. The molecule has 0 spiro atoms. The van der Waals surface area contributed by atoms with E-state index >= 15 is 0 Å². The van der Waals surface area contributed by atoms with Crippen molar-refractivity contribution in [3.05, 3.63) is 35.5 Å². The Morgan fingerprint density at radius 1 is 1.07 bits per heavy atom. The van der Waals surface area contributed by atoms with Crippen LogP contribution in [0.2, 0.25) is 5.02 Å². The van der Waals surface area contributed by atoms with Crippen molar-refractivity contribution >= 4 is 40.3 Å². The number of rotatable bonds is 5. The van der Waals surface area contributed by atoms with Gasteiger partial charge in [-0.1, -0.05) is 17.7 Å². The Morgan fingerprint density at radius 3 is 2.64 bits per heavy atom. The normalized spacial score (nSPS) is 22.4. The maximum Gasteiger partial charge on any atom is 0.224 e. The number of fused-ring (bicyclic) bond motifs is 1. The number of nitrogens with two attached hydrogens (primary N) is 1. The van der Waals surface area contributed by atoms with E-state index in [0.717, 1.165) is 48.5 Å². The van der Waals surface area contributed by atoms with Gasteiger partial charge in [-0.3, -0.25) is 4.57 Å². The lowest BCUT2D eigenvalue weighted by atomic mass is 9.91. The van der Waals surface area contributed by atoms with E-state index in [4.69, 9.17) is 27.3 Å². The van der Waals surface area contributed by atoms with Gasteiger partial charge in [0.2, 0.25) is 11.9 Å². The maximum absolute atomic E-state index is 6.16. The highest BCUT2D eigenvalue weighted by Crippen LogP contribution is 2.35. The molecule has 8 heteroatoms. The zero-order valence-electron chi connectivity index (χ0n) is 15.6. The second kappa shape index (κ2) is 7.22. The molecule has 0 atom stereocenters. The Balaban J connectivity index is 1.55. The molecule has 2 fully saturated rings. The van der Waals surface area contributed by atoms with Gasteiger partial charge in [0.1, 0.15) is 5.52 Å². The first-order valence-corrected chi connectivity index (χ1v) is 10.3. The molecular formula is C20H24ClN7. The fourth-order valence-corrected chi connectivity index (χ4v) is 4.05. The standard InChI is InChI=1S/C20H24ClN7/c21-12-2-1-3-15(10-12)25-20-26-17-11-23-19(24-14-6-7-14)27-18(17)28(20)16-8-4-13(22)5-9-16/h1-3,10-11,13-14,16H,4-9,22H2,(H,25,26)(H,23,24,27)/t13-,16-. The molecule has 2 aliphatic rings. The van der Waals surface area contributed by atoms with Crippen molar-refractivity contribution in [2.45, 2.75) is 56.7 Å². The van der Waals surface area contributed by atoms with Crippen LogP contribution in [0.3, 0.4) is 0 Å². The third-order valence-electron chi connectivity index (χ3n) is 5.53. The van der Waals surface area contributed by atoms with E-state index in [1.165, 1.54) is 12.8 Å². The molecule has 5 rings (SSSR count). The molecule has 3 aromatic rings. The van der Waals surface area contributed by atoms with Gasteiger partial charge in [-0.25, -0.2) is 9.97 Å². The summed E-state index contributed by atoms with van der Waals surface area (Å²) in [5.74, 6) is 1.45. The van der Waals surface area contributed by atoms with Crippen molar-refractivity contribution in [1.82, 2.24) is 19.5 Å². The van der Waals surface area contributed by atoms with Crippen LogP contribution < -0.4 is 16.4 Å². The third kappa shape index (κ3) is 3.64. The highest BCUT2D eigenvalue weighted by atomic mass is 35.5. The maximum atomic E-state index is 6.16. The average molecular weight is 398 g/mol. The van der Waals surface area contributed by atoms with Crippen LogP contribution in [0.4, 0.5) is 17.6 Å². The number of benzene rings is 1. The van der Waals surface area contributed by atoms with Crippen molar-refractivity contribution in [3.63, 3.8) is 0 Å². The number of halogens is 1. The molecule has 2 saturated carbocycles. The molecule has 0 unspecified atom stereocenters. The highest BCUT2D eigenvalue weighted by molar-refractivity contribution is 6.30. The van der Waals surface area contributed by atoms with E-state index in [0.29, 0.717) is 23.1 Å². The topological polar surface area (TPSA) is 93.7 Å². The van der Waals surface area contributed by atoms with Crippen LogP contribution in [0.25, 0.3) is 11.2 Å². The summed E-state index contributed by atoms with van der Waals surface area (Å²) in [4.78, 5) is 14.1. The summed E-state index contributed by atoms with van der Waals surface area (Å²) in [7, 11) is 0. The number of hydrogen-bond acceptors (Lipinski definition) is 6. The van der Waals surface area contributed by atoms with Gasteiger partial charge in [-0.2, -0.15) is 4.98 Å². The minimum atomic E-state index is 0.289. The number of nitrogens with zero attached hydrogens (tertiary/aromatic N) is 4. The van der Waals surface area contributed by atoms with E-state index in [-0.39, 0.29) is 6.04 Å². The van der Waals surface area contributed by atoms with Crippen molar-refractivity contribution < 1.29 is 0 Å². The van der Waals surface area contributed by atoms with Crippen molar-refractivity contribution in [3.8, 4) is 0 Å². The van der Waals surface area contributed by atoms with E-state index in [1.807, 2.05) is 24.3 Å². The lowest BCUT2D eigenvalue weighted by Gasteiger charge is -2.28. The molecule has 1 aromatic carbocycles. The van der Waals surface area contributed by atoms with Gasteiger partial charge in [0.05, 0.1) is 6.20 Å². The molecule has 0 amide bonds. The first kappa shape index (κ1) is 17.7. The Hall–Kier alpha value is -2.38. The van der Waals surface area contributed by atoms with Gasteiger partial charge >= 0.3 is 0 Å². The average Bonchev–Trinajstić information content (AvgIpc) is 3.42. The molecule has 0 bridgehead atoms. The quantitative estimate of drug-likeness (QED) is 0.596. The van der Waals surface area contributed by atoms with Crippen molar-refractivity contribution in [2.24, 2.45) is 5.73 Å². The van der Waals surface area contributed by atoms with Gasteiger partial charge in [-0.15, -0.1) is 0 Å². The predicted octanol–water partition coefficient (Wildman–Crippen LogP) is 4.24. The van der Waals surface area contributed by atoms with E-state index in [1.54, 1.807) is 6.20 Å². The van der Waals surface area contributed by atoms with Gasteiger partial charge in [0.25, 0.3) is 0 Å². The van der Waals surface area contributed by atoms with E-state index < -0.39 is 0 Å². The monoisotopic (exact) mass is 397 g/mol. The van der Waals surface area contributed by atoms with Gasteiger partial charge in [0.15, 0.2) is 5.65 Å². The van der Waals surface area contributed by atoms with Crippen LogP contribution in [0, 0.1) is 0 Å². The fraction of sp³-hybridized carbons (Fsp3) is 0.450. The summed E-state index contributed by atoms with van der Waals surface area (Å²) < 4.78 is 2.22. The van der Waals surface area contributed by atoms with Crippen LogP contribution in [0.5, 0.6) is 0 Å². The lowest BCUT2D eigenvalue weighted by Crippen LogP contribution is -2.28. The van der Waals surface area contributed by atoms with Gasteiger partial charge in [-0.05, 0) is 56.7 Å². The molecule has 4 N–H and O–H groups in total. The Labute approximate surface area is 168 Å². The van der Waals surface area contributed by atoms with Crippen LogP contribution in [0.15, 0.2) is 30.5 Å². The Kier molecular flexibility index (Phi) is 4.56. The van der Waals surface area contributed by atoms with E-state index in [2.05, 4.69) is 20.2 Å². The molecule has 0 aliphatic heterocycles. The second-order valence-corrected chi connectivity index (χ2v) is 8.27. The summed E-state index contributed by atoms with van der Waals surface area (Å²) in [6.45, 7) is 0. The van der Waals surface area contributed by atoms with E-state index in [9.17, 15) is 0 Å². The molecule has 2 aliphatic carbocycles. The van der Waals surface area contributed by atoms with Gasteiger partial charge < -0.3 is 16.4 Å². The smallest absolute Gasteiger partial charge is 0.224 e. The molecule has 2 aromatic heterocycles. The number of anilines is 3. The van der Waals surface area contributed by atoms with Crippen LogP contribution in [-0.2, 0) is 0 Å². The van der Waals surface area contributed by atoms with Crippen LogP contribution in [0.1, 0.15) is 44.6 Å². The Bertz CT molecular complexity index is 989. The summed E-state index contributed by atoms with van der Waals surface area (Å²) in [5, 5.41) is 7.51. The number of nitrogens with one attached hydrogen (secondary N) is 2. The Morgan fingerprint density at radius 2 is 1.89 bits per heavy atom. The minimum absolute atomic E-state index is 0.289. The molecular weight excluding hydrogens is 374 g/mol.